The first-order valence-corrected chi connectivity index (χ1v) is 6.82. The number of amides is 2. The average molecular weight is 271 g/mol. The molecule has 0 aromatic rings. The molecule has 0 radical (unpaired) electrons. The SMILES string of the molecule is CCC1(C(=O)O)CCN(C(=O)NCCCN(C)C)C1. The van der Waals surface area contributed by atoms with Gasteiger partial charge in [-0.2, -0.15) is 0 Å². The molecule has 19 heavy (non-hydrogen) atoms. The van der Waals surface area contributed by atoms with Gasteiger partial charge in [0.1, 0.15) is 0 Å². The number of carboxylic acid groups (broad SMARTS) is 1. The van der Waals surface area contributed by atoms with Crippen LogP contribution in [0.25, 0.3) is 0 Å². The monoisotopic (exact) mass is 271 g/mol. The van der Waals surface area contributed by atoms with E-state index in [1.165, 1.54) is 0 Å². The lowest BCUT2D eigenvalue weighted by molar-refractivity contribution is -0.148. The zero-order valence-electron chi connectivity index (χ0n) is 12.1. The van der Waals surface area contributed by atoms with Crippen LogP contribution in [0.4, 0.5) is 4.79 Å². The summed E-state index contributed by atoms with van der Waals surface area (Å²) in [6, 6.07) is -0.143. The fourth-order valence-corrected chi connectivity index (χ4v) is 2.36. The van der Waals surface area contributed by atoms with Gasteiger partial charge in [-0.1, -0.05) is 6.92 Å². The highest BCUT2D eigenvalue weighted by atomic mass is 16.4. The lowest BCUT2D eigenvalue weighted by Gasteiger charge is -2.23. The van der Waals surface area contributed by atoms with Gasteiger partial charge in [0.05, 0.1) is 5.41 Å². The smallest absolute Gasteiger partial charge is 0.317 e. The second kappa shape index (κ2) is 6.75. The molecule has 1 rings (SSSR count). The van der Waals surface area contributed by atoms with Crippen LogP contribution < -0.4 is 5.32 Å². The van der Waals surface area contributed by atoms with Crippen LogP contribution >= 0.6 is 0 Å². The maximum absolute atomic E-state index is 11.9. The van der Waals surface area contributed by atoms with Crippen molar-refractivity contribution in [1.29, 1.82) is 0 Å². The van der Waals surface area contributed by atoms with E-state index < -0.39 is 11.4 Å². The van der Waals surface area contributed by atoms with E-state index in [0.717, 1.165) is 13.0 Å². The van der Waals surface area contributed by atoms with Crippen LogP contribution in [0, 0.1) is 5.41 Å². The molecular formula is C13H25N3O3. The number of carboxylic acids is 1. The number of rotatable bonds is 6. The van der Waals surface area contributed by atoms with Gasteiger partial charge in [0.15, 0.2) is 0 Å². The van der Waals surface area contributed by atoms with Gasteiger partial charge in [-0.05, 0) is 39.9 Å². The fourth-order valence-electron chi connectivity index (χ4n) is 2.36. The van der Waals surface area contributed by atoms with E-state index >= 15 is 0 Å². The first-order chi connectivity index (χ1) is 8.91. The molecule has 6 heteroatoms. The van der Waals surface area contributed by atoms with Crippen molar-refractivity contribution in [3.05, 3.63) is 0 Å². The summed E-state index contributed by atoms with van der Waals surface area (Å²) in [5.74, 6) is -0.794. The van der Waals surface area contributed by atoms with E-state index in [2.05, 4.69) is 10.2 Å². The summed E-state index contributed by atoms with van der Waals surface area (Å²) < 4.78 is 0. The molecular weight excluding hydrogens is 246 g/mol. The number of hydrogen-bond donors (Lipinski definition) is 2. The van der Waals surface area contributed by atoms with Crippen LogP contribution in [0.1, 0.15) is 26.2 Å². The Morgan fingerprint density at radius 3 is 2.58 bits per heavy atom. The molecule has 2 amide bonds. The molecule has 0 saturated carbocycles. The first-order valence-electron chi connectivity index (χ1n) is 6.82. The summed E-state index contributed by atoms with van der Waals surface area (Å²) in [4.78, 5) is 26.9. The normalized spacial score (nSPS) is 22.8. The second-order valence-corrected chi connectivity index (χ2v) is 5.50. The van der Waals surface area contributed by atoms with Crippen molar-refractivity contribution in [3.8, 4) is 0 Å². The number of aliphatic carboxylic acids is 1. The molecule has 1 heterocycles. The van der Waals surface area contributed by atoms with E-state index in [0.29, 0.717) is 32.5 Å². The molecule has 110 valence electrons. The zero-order valence-corrected chi connectivity index (χ0v) is 12.1. The molecule has 6 nitrogen and oxygen atoms in total. The molecule has 0 aliphatic carbocycles. The largest absolute Gasteiger partial charge is 0.481 e. The highest BCUT2D eigenvalue weighted by molar-refractivity contribution is 5.79. The van der Waals surface area contributed by atoms with Gasteiger partial charge in [-0.3, -0.25) is 4.79 Å². The predicted molar refractivity (Wildman–Crippen MR) is 73.1 cm³/mol. The van der Waals surface area contributed by atoms with E-state index in [1.807, 2.05) is 21.0 Å². The number of urea groups is 1. The van der Waals surface area contributed by atoms with Crippen molar-refractivity contribution < 1.29 is 14.7 Å². The molecule has 1 aliphatic rings. The van der Waals surface area contributed by atoms with Gasteiger partial charge < -0.3 is 20.2 Å². The maximum atomic E-state index is 11.9. The molecule has 1 aliphatic heterocycles. The predicted octanol–water partition coefficient (Wildman–Crippen LogP) is 0.834. The number of hydrogen-bond acceptors (Lipinski definition) is 3. The number of likely N-dealkylation sites (tertiary alicyclic amines) is 1. The number of carbonyl (C=O) groups excluding carboxylic acids is 1. The number of nitrogens with one attached hydrogen (secondary N) is 1. The zero-order chi connectivity index (χ0) is 14.5. The molecule has 0 spiro atoms. The van der Waals surface area contributed by atoms with Crippen LogP contribution in [0.5, 0.6) is 0 Å². The summed E-state index contributed by atoms with van der Waals surface area (Å²) in [5.41, 5.74) is -0.749. The standard InChI is InChI=1S/C13H25N3O3/c1-4-13(11(17)18)6-9-16(10-13)12(19)14-7-5-8-15(2)3/h4-10H2,1-3H3,(H,14,19)(H,17,18). The first kappa shape index (κ1) is 15.8. The third kappa shape index (κ3) is 4.09. The van der Waals surface area contributed by atoms with Crippen LogP contribution in [0.3, 0.4) is 0 Å². The number of nitrogens with zero attached hydrogens (tertiary/aromatic N) is 2. The topological polar surface area (TPSA) is 72.9 Å². The van der Waals surface area contributed by atoms with Crippen LogP contribution in [0.15, 0.2) is 0 Å². The van der Waals surface area contributed by atoms with Crippen molar-refractivity contribution in [2.24, 2.45) is 5.41 Å². The summed E-state index contributed by atoms with van der Waals surface area (Å²) in [7, 11) is 3.98. The third-order valence-corrected chi connectivity index (χ3v) is 3.83. The van der Waals surface area contributed by atoms with Gasteiger partial charge in [0, 0.05) is 19.6 Å². The molecule has 1 fully saturated rings. The van der Waals surface area contributed by atoms with Crippen LogP contribution in [-0.2, 0) is 4.79 Å². The van der Waals surface area contributed by atoms with Gasteiger partial charge in [0.25, 0.3) is 0 Å². The highest BCUT2D eigenvalue weighted by Crippen LogP contribution is 2.34. The Morgan fingerprint density at radius 1 is 1.42 bits per heavy atom. The van der Waals surface area contributed by atoms with Crippen LogP contribution in [-0.4, -0.2) is 67.2 Å². The lowest BCUT2D eigenvalue weighted by atomic mass is 9.84. The molecule has 1 unspecified atom stereocenters. The van der Waals surface area contributed by atoms with Crippen molar-refractivity contribution in [2.75, 3.05) is 40.3 Å². The summed E-state index contributed by atoms with van der Waals surface area (Å²) in [5, 5.41) is 12.1. The van der Waals surface area contributed by atoms with Gasteiger partial charge in [-0.25, -0.2) is 4.79 Å². The molecule has 1 atom stereocenters. The molecule has 0 aromatic heterocycles. The Bertz CT molecular complexity index is 333. The average Bonchev–Trinajstić information content (AvgIpc) is 2.80. The Hall–Kier alpha value is -1.30. The minimum Gasteiger partial charge on any atom is -0.481 e. The summed E-state index contributed by atoms with van der Waals surface area (Å²) >= 11 is 0. The van der Waals surface area contributed by atoms with Gasteiger partial charge in [0.2, 0.25) is 0 Å². The van der Waals surface area contributed by atoms with E-state index in [9.17, 15) is 14.7 Å². The van der Waals surface area contributed by atoms with Crippen LogP contribution in [0.2, 0.25) is 0 Å². The van der Waals surface area contributed by atoms with E-state index in [-0.39, 0.29) is 6.03 Å². The maximum Gasteiger partial charge on any atom is 0.317 e. The third-order valence-electron chi connectivity index (χ3n) is 3.83. The lowest BCUT2D eigenvalue weighted by Crippen LogP contribution is -2.42. The fraction of sp³-hybridized carbons (Fsp3) is 0.846. The Labute approximate surface area is 114 Å². The molecule has 1 saturated heterocycles. The van der Waals surface area contributed by atoms with Crippen molar-refractivity contribution in [3.63, 3.8) is 0 Å². The molecule has 2 N–H and O–H groups in total. The summed E-state index contributed by atoms with van der Waals surface area (Å²) in [6.45, 7) is 4.26. The molecule has 0 bridgehead atoms. The van der Waals surface area contributed by atoms with Crippen molar-refractivity contribution in [2.45, 2.75) is 26.2 Å². The number of carbonyl (C=O) groups is 2. The van der Waals surface area contributed by atoms with E-state index in [1.54, 1.807) is 4.90 Å². The second-order valence-electron chi connectivity index (χ2n) is 5.50. The Morgan fingerprint density at radius 2 is 2.11 bits per heavy atom. The highest BCUT2D eigenvalue weighted by Gasteiger charge is 2.44. The quantitative estimate of drug-likeness (QED) is 0.702. The Balaban J connectivity index is 2.37. The minimum absolute atomic E-state index is 0.143. The van der Waals surface area contributed by atoms with Crippen molar-refractivity contribution >= 4 is 12.0 Å². The molecule has 0 aromatic carbocycles. The van der Waals surface area contributed by atoms with Crippen molar-refractivity contribution in [1.82, 2.24) is 15.1 Å². The van der Waals surface area contributed by atoms with Gasteiger partial charge >= 0.3 is 12.0 Å². The Kier molecular flexibility index (Phi) is 5.60. The summed E-state index contributed by atoms with van der Waals surface area (Å²) in [6.07, 6.45) is 2.00. The van der Waals surface area contributed by atoms with Gasteiger partial charge in [-0.15, -0.1) is 0 Å². The minimum atomic E-state index is -0.794. The van der Waals surface area contributed by atoms with E-state index in [4.69, 9.17) is 0 Å².